The highest BCUT2D eigenvalue weighted by atomic mass is 31.1. The Morgan fingerprint density at radius 3 is 2.30 bits per heavy atom. The zero-order valence-corrected chi connectivity index (χ0v) is 6.51. The van der Waals surface area contributed by atoms with Crippen molar-refractivity contribution in [3.8, 4) is 0 Å². The summed E-state index contributed by atoms with van der Waals surface area (Å²) in [7, 11) is -1.04. The Morgan fingerprint density at radius 1 is 1.40 bits per heavy atom. The van der Waals surface area contributed by atoms with Gasteiger partial charge in [-0.2, -0.15) is 0 Å². The molecule has 0 aromatic heterocycles. The predicted octanol–water partition coefficient (Wildman–Crippen LogP) is 0.208. The summed E-state index contributed by atoms with van der Waals surface area (Å²) < 4.78 is 10.8. The van der Waals surface area contributed by atoms with Crippen LogP contribution >= 0.6 is 7.80 Å². The highest BCUT2D eigenvalue weighted by Crippen LogP contribution is 2.23. The highest BCUT2D eigenvalue weighted by Gasteiger charge is 2.26. The zero-order chi connectivity index (χ0) is 7.56. The Hall–Kier alpha value is -0.630. The van der Waals surface area contributed by atoms with Crippen LogP contribution in [0.3, 0.4) is 0 Å². The van der Waals surface area contributed by atoms with Crippen LogP contribution in [0, 0.1) is 0 Å². The quantitative estimate of drug-likeness (QED) is 0.516. The monoisotopic (exact) mass is 161 g/mol. The maximum absolute atomic E-state index is 10.8. The van der Waals surface area contributed by atoms with Crippen molar-refractivity contribution in [2.24, 2.45) is 5.73 Å². The van der Waals surface area contributed by atoms with Gasteiger partial charge >= 0.3 is 13.8 Å². The molecule has 1 saturated heterocycles. The fraction of sp³-hybridized carbons (Fsp3) is 0.800. The fourth-order valence-electron chi connectivity index (χ4n) is 0.908. The Balaban J connectivity index is 2.40. The number of primary amides is 1. The van der Waals surface area contributed by atoms with Crippen molar-refractivity contribution in [3.05, 3.63) is 0 Å². The minimum absolute atomic E-state index is 0.400. The Kier molecular flexibility index (Phi) is 2.22. The van der Waals surface area contributed by atoms with E-state index in [2.05, 4.69) is 0 Å². The number of nitrogens with zero attached hydrogens (tertiary/aromatic N) is 1. The van der Waals surface area contributed by atoms with Gasteiger partial charge in [-0.1, -0.05) is 4.57 Å². The van der Waals surface area contributed by atoms with Crippen molar-refractivity contribution in [2.75, 3.05) is 25.4 Å². The number of hydrogen-bond donors (Lipinski definition) is 1. The number of hydrogen-bond acceptors (Lipinski definition) is 2. The molecule has 1 rings (SSSR count). The number of rotatable bonds is 0. The van der Waals surface area contributed by atoms with Gasteiger partial charge in [0.2, 0.25) is 0 Å². The molecular weight excluding hydrogens is 151 g/mol. The van der Waals surface area contributed by atoms with E-state index in [-0.39, 0.29) is 0 Å². The molecule has 0 aromatic rings. The van der Waals surface area contributed by atoms with Crippen LogP contribution in [0.25, 0.3) is 0 Å². The summed E-state index contributed by atoms with van der Waals surface area (Å²) in [5.41, 5.74) is 5.00. The molecule has 10 heavy (non-hydrogen) atoms. The van der Waals surface area contributed by atoms with E-state index in [0.29, 0.717) is 25.4 Å². The lowest BCUT2D eigenvalue weighted by Gasteiger charge is -2.18. The Bertz CT molecular complexity index is 161. The molecule has 2 N–H and O–H groups in total. The molecule has 1 aliphatic heterocycles. The first kappa shape index (κ1) is 7.48. The van der Waals surface area contributed by atoms with Crippen molar-refractivity contribution in [1.82, 2.24) is 4.90 Å². The van der Waals surface area contributed by atoms with E-state index >= 15 is 0 Å². The van der Waals surface area contributed by atoms with Gasteiger partial charge in [0.05, 0.1) is 13.1 Å². The zero-order valence-electron chi connectivity index (χ0n) is 5.62. The van der Waals surface area contributed by atoms with Crippen molar-refractivity contribution >= 4 is 13.8 Å². The summed E-state index contributed by atoms with van der Waals surface area (Å²) in [5.74, 6) is 0. The van der Waals surface area contributed by atoms with E-state index in [4.69, 9.17) is 5.73 Å². The van der Waals surface area contributed by atoms with Crippen molar-refractivity contribution < 1.29 is 9.36 Å². The molecule has 56 valence electrons. The normalized spacial score (nSPS) is 19.2. The first-order valence-corrected chi connectivity index (χ1v) is 4.79. The predicted molar refractivity (Wildman–Crippen MR) is 38.5 cm³/mol. The third-order valence-corrected chi connectivity index (χ3v) is 2.95. The van der Waals surface area contributed by atoms with Crippen LogP contribution in [0.2, 0.25) is 0 Å². The van der Waals surface area contributed by atoms with Gasteiger partial charge in [-0.05, 0) is 0 Å². The van der Waals surface area contributed by atoms with Crippen LogP contribution in [0.15, 0.2) is 0 Å². The number of amides is 2. The largest absolute Gasteiger partial charge is 0.351 e. The third kappa shape index (κ3) is 1.67. The van der Waals surface area contributed by atoms with Crippen LogP contribution in [0.1, 0.15) is 0 Å². The van der Waals surface area contributed by atoms with E-state index < -0.39 is 13.8 Å². The maximum atomic E-state index is 10.8. The fourth-order valence-corrected chi connectivity index (χ4v) is 2.06. The average molecular weight is 161 g/mol. The van der Waals surface area contributed by atoms with Crippen molar-refractivity contribution in [3.63, 3.8) is 0 Å². The third-order valence-electron chi connectivity index (χ3n) is 1.55. The molecule has 0 spiro atoms. The molecule has 1 fully saturated rings. The molecule has 0 unspecified atom stereocenters. The molecule has 0 radical (unpaired) electrons. The molecule has 0 atom stereocenters. The smallest absolute Gasteiger partial charge is 0.342 e. The van der Waals surface area contributed by atoms with E-state index in [1.807, 2.05) is 0 Å². The highest BCUT2D eigenvalue weighted by molar-refractivity contribution is 7.44. The first-order chi connectivity index (χ1) is 4.70. The molecule has 5 heteroatoms. The lowest BCUT2D eigenvalue weighted by molar-refractivity contribution is 0.212. The lowest BCUT2D eigenvalue weighted by atomic mass is 10.5. The Labute approximate surface area is 60.2 Å². The summed E-state index contributed by atoms with van der Waals surface area (Å²) in [6.07, 6.45) is 1.22. The number of nitrogens with two attached hydrogens (primary N) is 1. The van der Waals surface area contributed by atoms with Crippen LogP contribution in [-0.4, -0.2) is 36.3 Å². The average Bonchev–Trinajstić information content (AvgIpc) is 1.88. The van der Waals surface area contributed by atoms with E-state index in [9.17, 15) is 9.36 Å². The van der Waals surface area contributed by atoms with Crippen LogP contribution in [-0.2, 0) is 4.57 Å². The van der Waals surface area contributed by atoms with Crippen molar-refractivity contribution in [2.45, 2.75) is 0 Å². The summed E-state index contributed by atoms with van der Waals surface area (Å²) in [6.45, 7) is 1.12. The van der Waals surface area contributed by atoms with E-state index in [1.165, 1.54) is 4.90 Å². The minimum atomic E-state index is -1.04. The molecule has 0 aromatic carbocycles. The summed E-state index contributed by atoms with van der Waals surface area (Å²) in [4.78, 5) is 12.0. The number of urea groups is 1. The van der Waals surface area contributed by atoms with Gasteiger partial charge in [-0.3, -0.25) is 0 Å². The van der Waals surface area contributed by atoms with Gasteiger partial charge in [0.1, 0.15) is 0 Å². The van der Waals surface area contributed by atoms with Gasteiger partial charge in [0, 0.05) is 0 Å². The van der Waals surface area contributed by atoms with Gasteiger partial charge < -0.3 is 10.6 Å². The van der Waals surface area contributed by atoms with E-state index in [1.54, 1.807) is 0 Å². The van der Waals surface area contributed by atoms with Crippen LogP contribution < -0.4 is 5.73 Å². The standard InChI is InChI=1S/C5H9N2O2P/c6-5(8)7-1-3-10(9)4-2-7/h1-4H2,(H-,6,8)/p+1. The van der Waals surface area contributed by atoms with E-state index in [0.717, 1.165) is 0 Å². The number of carbonyl (C=O) groups is 1. The SMILES string of the molecule is NC(=O)N1CC[P+](=O)CC1. The van der Waals surface area contributed by atoms with Crippen molar-refractivity contribution in [1.29, 1.82) is 0 Å². The topological polar surface area (TPSA) is 63.4 Å². The molecule has 0 saturated carbocycles. The second kappa shape index (κ2) is 2.97. The van der Waals surface area contributed by atoms with Gasteiger partial charge in [-0.15, -0.1) is 0 Å². The van der Waals surface area contributed by atoms with Crippen LogP contribution in [0.4, 0.5) is 4.79 Å². The molecule has 0 aliphatic carbocycles. The second-order valence-corrected chi connectivity index (χ2v) is 4.11. The molecule has 0 bridgehead atoms. The molecule has 1 heterocycles. The number of carbonyl (C=O) groups excluding carboxylic acids is 1. The first-order valence-electron chi connectivity index (χ1n) is 3.16. The second-order valence-electron chi connectivity index (χ2n) is 2.25. The molecule has 4 nitrogen and oxygen atoms in total. The maximum Gasteiger partial charge on any atom is 0.342 e. The molecular formula is C5H10N2O2P+. The summed E-state index contributed by atoms with van der Waals surface area (Å²) in [6, 6.07) is -0.400. The lowest BCUT2D eigenvalue weighted by Crippen LogP contribution is -2.41. The molecule has 1 aliphatic rings. The molecule has 2 amide bonds. The van der Waals surface area contributed by atoms with Gasteiger partial charge in [0.25, 0.3) is 0 Å². The summed E-state index contributed by atoms with van der Waals surface area (Å²) in [5, 5.41) is 0. The summed E-state index contributed by atoms with van der Waals surface area (Å²) >= 11 is 0. The van der Waals surface area contributed by atoms with Gasteiger partial charge in [0.15, 0.2) is 12.3 Å². The van der Waals surface area contributed by atoms with Gasteiger partial charge in [-0.25, -0.2) is 4.79 Å². The Morgan fingerprint density at radius 2 is 1.90 bits per heavy atom. The minimum Gasteiger partial charge on any atom is -0.351 e. The van der Waals surface area contributed by atoms with Crippen LogP contribution in [0.5, 0.6) is 0 Å².